The summed E-state index contributed by atoms with van der Waals surface area (Å²) in [6, 6.07) is 0.630. The summed E-state index contributed by atoms with van der Waals surface area (Å²) < 4.78 is 2.10. The zero-order chi connectivity index (χ0) is 16.1. The molecule has 1 aromatic heterocycles. The smallest absolute Gasteiger partial charge is 0.191 e. The van der Waals surface area contributed by atoms with Crippen LogP contribution in [0.15, 0.2) is 11.3 Å². The molecule has 2 N–H and O–H groups in total. The maximum atomic E-state index is 4.36. The summed E-state index contributed by atoms with van der Waals surface area (Å²) in [5.74, 6) is 3.79. The van der Waals surface area contributed by atoms with E-state index in [1.807, 2.05) is 7.05 Å². The topological polar surface area (TPSA) is 67.1 Å². The minimum absolute atomic E-state index is 0. The quantitative estimate of drug-likeness (QED) is 0.401. The lowest BCUT2D eigenvalue weighted by Crippen LogP contribution is -2.41. The van der Waals surface area contributed by atoms with E-state index >= 15 is 0 Å². The molecule has 0 aromatic carbocycles. The highest BCUT2D eigenvalue weighted by Crippen LogP contribution is 2.44. The Balaban J connectivity index is 0.00000208. The molecule has 1 aromatic rings. The molecule has 0 radical (unpaired) electrons. The highest BCUT2D eigenvalue weighted by atomic mass is 127. The molecule has 2 aliphatic carbocycles. The van der Waals surface area contributed by atoms with Gasteiger partial charge in [0, 0.05) is 32.6 Å². The van der Waals surface area contributed by atoms with E-state index in [2.05, 4.69) is 37.3 Å². The molecule has 6 nitrogen and oxygen atoms in total. The molecule has 2 aliphatic rings. The Bertz CT molecular complexity index is 523. The van der Waals surface area contributed by atoms with Gasteiger partial charge < -0.3 is 15.2 Å². The van der Waals surface area contributed by atoms with Crippen molar-refractivity contribution in [3.8, 4) is 0 Å². The molecular formula is C17H31IN6. The Morgan fingerprint density at radius 2 is 2.12 bits per heavy atom. The van der Waals surface area contributed by atoms with Crippen LogP contribution >= 0.6 is 24.0 Å². The third kappa shape index (κ3) is 5.07. The van der Waals surface area contributed by atoms with Crippen LogP contribution in [-0.4, -0.2) is 40.4 Å². The molecule has 0 aliphatic heterocycles. The Kier molecular flexibility index (Phi) is 7.77. The summed E-state index contributed by atoms with van der Waals surface area (Å²) >= 11 is 0. The molecule has 0 amide bonds. The van der Waals surface area contributed by atoms with E-state index in [0.717, 1.165) is 43.1 Å². The van der Waals surface area contributed by atoms with Crippen LogP contribution in [0, 0.1) is 11.8 Å². The second kappa shape index (κ2) is 9.58. The predicted molar refractivity (Wildman–Crippen MR) is 108 cm³/mol. The second-order valence-electron chi connectivity index (χ2n) is 6.84. The third-order valence-electron chi connectivity index (χ3n) is 5.30. The minimum Gasteiger partial charge on any atom is -0.355 e. The monoisotopic (exact) mass is 446 g/mol. The van der Waals surface area contributed by atoms with Crippen molar-refractivity contribution in [1.82, 2.24) is 25.4 Å². The average Bonchev–Trinajstić information content (AvgIpc) is 3.22. The van der Waals surface area contributed by atoms with Crippen molar-refractivity contribution < 1.29 is 0 Å². The van der Waals surface area contributed by atoms with E-state index in [-0.39, 0.29) is 24.0 Å². The fraction of sp³-hybridized carbons (Fsp3) is 0.824. The van der Waals surface area contributed by atoms with Gasteiger partial charge in [0.05, 0.1) is 0 Å². The molecule has 0 saturated heterocycles. The summed E-state index contributed by atoms with van der Waals surface area (Å²) in [6.45, 7) is 3.81. The first kappa shape index (κ1) is 19.5. The van der Waals surface area contributed by atoms with Crippen molar-refractivity contribution >= 4 is 29.9 Å². The summed E-state index contributed by atoms with van der Waals surface area (Å²) in [7, 11) is 1.85. The van der Waals surface area contributed by atoms with Gasteiger partial charge in [0.2, 0.25) is 0 Å². The van der Waals surface area contributed by atoms with Crippen LogP contribution in [0.3, 0.4) is 0 Å². The molecule has 0 bridgehead atoms. The first-order valence-electron chi connectivity index (χ1n) is 9.15. The van der Waals surface area contributed by atoms with E-state index < -0.39 is 0 Å². The summed E-state index contributed by atoms with van der Waals surface area (Å²) in [6.07, 6.45) is 11.2. The Morgan fingerprint density at radius 1 is 1.33 bits per heavy atom. The van der Waals surface area contributed by atoms with Gasteiger partial charge in [-0.15, -0.1) is 34.2 Å². The van der Waals surface area contributed by atoms with Crippen LogP contribution in [0.5, 0.6) is 0 Å². The van der Waals surface area contributed by atoms with Gasteiger partial charge in [-0.3, -0.25) is 4.99 Å². The van der Waals surface area contributed by atoms with Crippen LogP contribution < -0.4 is 10.6 Å². The van der Waals surface area contributed by atoms with E-state index in [9.17, 15) is 0 Å². The first-order valence-corrected chi connectivity index (χ1v) is 9.15. The van der Waals surface area contributed by atoms with Gasteiger partial charge in [-0.1, -0.05) is 39.0 Å². The van der Waals surface area contributed by atoms with Gasteiger partial charge in [-0.2, -0.15) is 0 Å². The summed E-state index contributed by atoms with van der Waals surface area (Å²) in [5, 5.41) is 15.1. The molecule has 1 heterocycles. The van der Waals surface area contributed by atoms with E-state index in [1.54, 1.807) is 6.33 Å². The molecule has 0 spiro atoms. The van der Waals surface area contributed by atoms with Crippen LogP contribution in [-0.2, 0) is 13.0 Å². The number of aromatic nitrogens is 3. The highest BCUT2D eigenvalue weighted by molar-refractivity contribution is 14.0. The number of nitrogens with one attached hydrogen (secondary N) is 2. The van der Waals surface area contributed by atoms with Crippen LogP contribution in [0.25, 0.3) is 0 Å². The van der Waals surface area contributed by atoms with Gasteiger partial charge in [-0.05, 0) is 18.3 Å². The van der Waals surface area contributed by atoms with Crippen molar-refractivity contribution in [2.45, 2.75) is 64.5 Å². The average molecular weight is 446 g/mol. The maximum absolute atomic E-state index is 4.36. The number of guanidine groups is 1. The highest BCUT2D eigenvalue weighted by Gasteiger charge is 2.43. The fourth-order valence-electron chi connectivity index (χ4n) is 3.87. The molecule has 2 unspecified atom stereocenters. The normalized spacial score (nSPS) is 24.3. The number of hydrogen-bond donors (Lipinski definition) is 2. The van der Waals surface area contributed by atoms with Gasteiger partial charge in [0.15, 0.2) is 5.96 Å². The first-order chi connectivity index (χ1) is 11.3. The second-order valence-corrected chi connectivity index (χ2v) is 6.84. The number of rotatable bonds is 6. The maximum Gasteiger partial charge on any atom is 0.191 e. The lowest BCUT2D eigenvalue weighted by atomic mass is 9.85. The summed E-state index contributed by atoms with van der Waals surface area (Å²) in [5.41, 5.74) is 0. The van der Waals surface area contributed by atoms with Crippen molar-refractivity contribution in [2.75, 3.05) is 13.6 Å². The predicted octanol–water partition coefficient (Wildman–Crippen LogP) is 2.59. The van der Waals surface area contributed by atoms with Crippen molar-refractivity contribution in [3.63, 3.8) is 0 Å². The molecule has 2 fully saturated rings. The lowest BCUT2D eigenvalue weighted by molar-refractivity contribution is 0.315. The minimum atomic E-state index is 0. The van der Waals surface area contributed by atoms with Crippen molar-refractivity contribution in [3.05, 3.63) is 12.2 Å². The van der Waals surface area contributed by atoms with E-state index in [1.165, 1.54) is 38.5 Å². The molecular weight excluding hydrogens is 415 g/mol. The van der Waals surface area contributed by atoms with Crippen molar-refractivity contribution in [1.29, 1.82) is 0 Å². The van der Waals surface area contributed by atoms with Crippen molar-refractivity contribution in [2.24, 2.45) is 16.8 Å². The van der Waals surface area contributed by atoms with E-state index in [0.29, 0.717) is 6.04 Å². The zero-order valence-electron chi connectivity index (χ0n) is 14.9. The number of aliphatic imine (C=N–C) groups is 1. The van der Waals surface area contributed by atoms with Gasteiger partial charge in [0.1, 0.15) is 12.2 Å². The zero-order valence-corrected chi connectivity index (χ0v) is 17.2. The number of nitrogens with zero attached hydrogens (tertiary/aromatic N) is 4. The van der Waals surface area contributed by atoms with Crippen LogP contribution in [0.1, 0.15) is 51.3 Å². The Labute approximate surface area is 162 Å². The lowest BCUT2D eigenvalue weighted by Gasteiger charge is -2.22. The third-order valence-corrected chi connectivity index (χ3v) is 5.30. The van der Waals surface area contributed by atoms with Crippen LogP contribution in [0.2, 0.25) is 0 Å². The molecule has 24 heavy (non-hydrogen) atoms. The molecule has 2 atom stereocenters. The summed E-state index contributed by atoms with van der Waals surface area (Å²) in [4.78, 5) is 4.36. The Morgan fingerprint density at radius 3 is 2.83 bits per heavy atom. The van der Waals surface area contributed by atoms with E-state index in [4.69, 9.17) is 0 Å². The van der Waals surface area contributed by atoms with Gasteiger partial charge in [-0.25, -0.2) is 0 Å². The molecule has 136 valence electrons. The Hall–Kier alpha value is -0.860. The van der Waals surface area contributed by atoms with Gasteiger partial charge >= 0.3 is 0 Å². The SMILES string of the molecule is CCc1nncn1CCNC(=NC)NC1CC1C1CCCCC1.I. The van der Waals surface area contributed by atoms with Gasteiger partial charge in [0.25, 0.3) is 0 Å². The standard InChI is InChI=1S/C17H30N6.HI/c1-3-16-22-20-12-23(16)10-9-19-17(18-2)21-15-11-14(15)13-7-5-4-6-8-13;/h12-15H,3-11H2,1-2H3,(H2,18,19,21);1H. The van der Waals surface area contributed by atoms with Crippen LogP contribution in [0.4, 0.5) is 0 Å². The largest absolute Gasteiger partial charge is 0.355 e. The molecule has 7 heteroatoms. The number of halogens is 1. The number of aryl methyl sites for hydroxylation is 1. The molecule has 2 saturated carbocycles. The fourth-order valence-corrected chi connectivity index (χ4v) is 3.87. The molecule has 3 rings (SSSR count). The number of hydrogen-bond acceptors (Lipinski definition) is 3.